The van der Waals surface area contributed by atoms with Crippen LogP contribution < -0.4 is 4.74 Å². The Balaban J connectivity index is 1.50. The van der Waals surface area contributed by atoms with E-state index in [1.54, 1.807) is 0 Å². The quantitative estimate of drug-likeness (QED) is 0.252. The molecule has 0 N–H and O–H groups in total. The van der Waals surface area contributed by atoms with Gasteiger partial charge in [0, 0.05) is 4.47 Å². The minimum atomic E-state index is -0.0983. The summed E-state index contributed by atoms with van der Waals surface area (Å²) in [6.07, 6.45) is 0. The van der Waals surface area contributed by atoms with Gasteiger partial charge in [0.15, 0.2) is 14.7 Å². The molecule has 136 valence electrons. The van der Waals surface area contributed by atoms with Crippen molar-refractivity contribution in [2.24, 2.45) is 0 Å². The van der Waals surface area contributed by atoms with E-state index in [0.717, 1.165) is 16.0 Å². The van der Waals surface area contributed by atoms with Crippen LogP contribution >= 0.6 is 27.7 Å². The van der Waals surface area contributed by atoms with E-state index in [1.165, 1.54) is 24.5 Å². The average molecular weight is 464 g/mol. The van der Waals surface area contributed by atoms with Crippen LogP contribution in [0.5, 0.6) is 11.5 Å². The third-order valence-corrected chi connectivity index (χ3v) is 8.74. The van der Waals surface area contributed by atoms with E-state index in [9.17, 15) is 0 Å². The summed E-state index contributed by atoms with van der Waals surface area (Å²) in [5, 5.41) is 0. The monoisotopic (exact) mass is 463 g/mol. The van der Waals surface area contributed by atoms with Crippen LogP contribution in [0, 0.1) is 0 Å². The topological polar surface area (TPSA) is 9.23 Å². The first kappa shape index (κ1) is 17.9. The Bertz CT molecular complexity index is 1080. The molecule has 0 fully saturated rings. The summed E-state index contributed by atoms with van der Waals surface area (Å²) in [6, 6.07) is 33.9. The predicted octanol–water partition coefficient (Wildman–Crippen LogP) is 7.80. The molecule has 0 amide bonds. The molecule has 1 nitrogen and oxygen atoms in total. The molecule has 0 aliphatic carbocycles. The van der Waals surface area contributed by atoms with Crippen molar-refractivity contribution in [3.05, 3.63) is 102 Å². The Morgan fingerprint density at radius 2 is 1.11 bits per heavy atom. The molecule has 1 heterocycles. The fraction of sp³-hybridized carbons (Fsp3) is 0. The first-order valence-electron chi connectivity index (χ1n) is 8.92. The zero-order valence-corrected chi connectivity index (χ0v) is 18.1. The SMILES string of the molecule is Brc1ccc(Oc2ccc([S+]3c4ccccc4Sc4ccccc43)cc2)cc1. The molecule has 28 heavy (non-hydrogen) atoms. The van der Waals surface area contributed by atoms with Crippen LogP contribution in [0.2, 0.25) is 0 Å². The smallest absolute Gasteiger partial charge is 0.180 e. The van der Waals surface area contributed by atoms with Crippen molar-refractivity contribution >= 4 is 38.6 Å². The molecule has 0 saturated heterocycles. The number of hydrogen-bond acceptors (Lipinski definition) is 2. The van der Waals surface area contributed by atoms with Crippen LogP contribution in [0.1, 0.15) is 0 Å². The Morgan fingerprint density at radius 3 is 1.68 bits per heavy atom. The summed E-state index contributed by atoms with van der Waals surface area (Å²) in [5.74, 6) is 1.69. The van der Waals surface area contributed by atoms with Crippen LogP contribution in [0.3, 0.4) is 0 Å². The highest BCUT2D eigenvalue weighted by Crippen LogP contribution is 2.48. The molecule has 4 heteroatoms. The van der Waals surface area contributed by atoms with Gasteiger partial charge in [-0.2, -0.15) is 0 Å². The summed E-state index contributed by atoms with van der Waals surface area (Å²) in [6.45, 7) is 0. The summed E-state index contributed by atoms with van der Waals surface area (Å²) in [7, 11) is -0.0983. The average Bonchev–Trinajstić information content (AvgIpc) is 2.74. The molecule has 0 saturated carbocycles. The standard InChI is InChI=1S/C24H16BrOS2/c25-17-9-11-18(12-10-17)26-19-13-15-20(16-14-19)28-23-7-3-1-5-21(23)27-22-6-2-4-8-24(22)28/h1-16H/q+1. The van der Waals surface area contributed by atoms with E-state index in [4.69, 9.17) is 4.74 Å². The summed E-state index contributed by atoms with van der Waals surface area (Å²) in [5.41, 5.74) is 0. The van der Waals surface area contributed by atoms with Crippen LogP contribution in [-0.4, -0.2) is 0 Å². The van der Waals surface area contributed by atoms with Crippen LogP contribution in [-0.2, 0) is 10.9 Å². The normalized spacial score (nSPS) is 12.9. The van der Waals surface area contributed by atoms with Gasteiger partial charge in [0.2, 0.25) is 0 Å². The van der Waals surface area contributed by atoms with Gasteiger partial charge >= 0.3 is 0 Å². The minimum Gasteiger partial charge on any atom is -0.457 e. The summed E-state index contributed by atoms with van der Waals surface area (Å²) in [4.78, 5) is 6.79. The van der Waals surface area contributed by atoms with Gasteiger partial charge in [-0.25, -0.2) is 0 Å². The maximum atomic E-state index is 5.99. The zero-order chi connectivity index (χ0) is 18.9. The van der Waals surface area contributed by atoms with Crippen molar-refractivity contribution in [2.45, 2.75) is 24.5 Å². The van der Waals surface area contributed by atoms with Gasteiger partial charge < -0.3 is 4.74 Å². The van der Waals surface area contributed by atoms with Crippen molar-refractivity contribution in [2.75, 3.05) is 0 Å². The lowest BCUT2D eigenvalue weighted by Crippen LogP contribution is -2.10. The van der Waals surface area contributed by atoms with Gasteiger partial charge in [-0.05, 0) is 72.8 Å². The van der Waals surface area contributed by atoms with E-state index >= 15 is 0 Å². The van der Waals surface area contributed by atoms with Crippen molar-refractivity contribution in [3.63, 3.8) is 0 Å². The van der Waals surface area contributed by atoms with Crippen LogP contribution in [0.4, 0.5) is 0 Å². The van der Waals surface area contributed by atoms with E-state index in [-0.39, 0.29) is 10.9 Å². The van der Waals surface area contributed by atoms with Gasteiger partial charge in [0.1, 0.15) is 22.4 Å². The van der Waals surface area contributed by atoms with Gasteiger partial charge in [-0.1, -0.05) is 52.0 Å². The van der Waals surface area contributed by atoms with E-state index < -0.39 is 0 Å². The molecule has 1 aliphatic rings. The zero-order valence-electron chi connectivity index (χ0n) is 14.8. The molecule has 0 aromatic heterocycles. The highest BCUT2D eigenvalue weighted by atomic mass is 79.9. The minimum absolute atomic E-state index is 0.0983. The van der Waals surface area contributed by atoms with Gasteiger partial charge in [0.05, 0.1) is 9.79 Å². The van der Waals surface area contributed by atoms with Gasteiger partial charge in [-0.15, -0.1) is 0 Å². The van der Waals surface area contributed by atoms with Crippen molar-refractivity contribution < 1.29 is 4.74 Å². The van der Waals surface area contributed by atoms with Crippen LogP contribution in [0.25, 0.3) is 0 Å². The number of hydrogen-bond donors (Lipinski definition) is 0. The number of rotatable bonds is 3. The largest absolute Gasteiger partial charge is 0.457 e. The molecular weight excluding hydrogens is 448 g/mol. The molecule has 0 bridgehead atoms. The Morgan fingerprint density at radius 1 is 0.607 bits per heavy atom. The first-order valence-corrected chi connectivity index (χ1v) is 11.7. The van der Waals surface area contributed by atoms with Crippen molar-refractivity contribution in [3.8, 4) is 11.5 Å². The highest BCUT2D eigenvalue weighted by Gasteiger charge is 2.37. The molecule has 0 spiro atoms. The predicted molar refractivity (Wildman–Crippen MR) is 120 cm³/mol. The van der Waals surface area contributed by atoms with Crippen molar-refractivity contribution in [1.29, 1.82) is 0 Å². The Hall–Kier alpha value is -2.14. The van der Waals surface area contributed by atoms with E-state index in [2.05, 4.69) is 88.7 Å². The lowest BCUT2D eigenvalue weighted by molar-refractivity contribution is 0.482. The number of halogens is 1. The molecule has 1 aliphatic heterocycles. The lowest BCUT2D eigenvalue weighted by atomic mass is 10.3. The summed E-state index contributed by atoms with van der Waals surface area (Å²) >= 11 is 5.32. The number of ether oxygens (including phenoxy) is 1. The second-order valence-electron chi connectivity index (χ2n) is 6.33. The Labute approximate surface area is 180 Å². The Kier molecular flexibility index (Phi) is 4.93. The highest BCUT2D eigenvalue weighted by molar-refractivity contribution is 9.10. The molecule has 5 rings (SSSR count). The van der Waals surface area contributed by atoms with E-state index in [0.29, 0.717) is 0 Å². The van der Waals surface area contributed by atoms with Crippen molar-refractivity contribution in [1.82, 2.24) is 0 Å². The molecular formula is C24H16BrOS2+. The molecule has 4 aromatic rings. The fourth-order valence-corrected chi connectivity index (χ4v) is 7.18. The molecule has 0 atom stereocenters. The number of benzene rings is 4. The van der Waals surface area contributed by atoms with Gasteiger partial charge in [-0.3, -0.25) is 0 Å². The summed E-state index contributed by atoms with van der Waals surface area (Å²) < 4.78 is 7.04. The molecule has 4 aromatic carbocycles. The maximum Gasteiger partial charge on any atom is 0.180 e. The third-order valence-electron chi connectivity index (χ3n) is 4.47. The number of fused-ring (bicyclic) bond motifs is 2. The molecule has 0 unspecified atom stereocenters. The third kappa shape index (κ3) is 3.48. The fourth-order valence-electron chi connectivity index (χ4n) is 3.18. The lowest BCUT2D eigenvalue weighted by Gasteiger charge is -2.18. The van der Waals surface area contributed by atoms with Gasteiger partial charge in [0.25, 0.3) is 0 Å². The van der Waals surface area contributed by atoms with E-state index in [1.807, 2.05) is 36.0 Å². The molecule has 0 radical (unpaired) electrons. The second-order valence-corrected chi connectivity index (χ2v) is 10.3. The van der Waals surface area contributed by atoms with Crippen LogP contribution in [0.15, 0.2) is 126 Å². The maximum absolute atomic E-state index is 5.99. The first-order chi connectivity index (χ1) is 13.8. The second kappa shape index (κ2) is 7.70.